The zero-order valence-corrected chi connectivity index (χ0v) is 15.8. The maximum atomic E-state index is 10.2. The minimum absolute atomic E-state index is 0.109. The van der Waals surface area contributed by atoms with Crippen molar-refractivity contribution in [2.75, 3.05) is 19.8 Å². The Morgan fingerprint density at radius 3 is 2.54 bits per heavy atom. The molecule has 1 aliphatic carbocycles. The molecular weight excluding hydrogens is 372 g/mol. The molecule has 0 aromatic rings. The third-order valence-electron chi connectivity index (χ3n) is 5.51. The maximum Gasteiger partial charge on any atom is 0.209 e. The van der Waals surface area contributed by atoms with Gasteiger partial charge in [-0.2, -0.15) is 0 Å². The van der Waals surface area contributed by atoms with E-state index >= 15 is 0 Å². The third-order valence-corrected chi connectivity index (χ3v) is 5.51. The predicted molar refractivity (Wildman–Crippen MR) is 95.7 cm³/mol. The lowest BCUT2D eigenvalue weighted by Gasteiger charge is -2.42. The van der Waals surface area contributed by atoms with Crippen LogP contribution in [0.1, 0.15) is 19.8 Å². The van der Waals surface area contributed by atoms with Crippen molar-refractivity contribution in [3.8, 4) is 0 Å². The van der Waals surface area contributed by atoms with Gasteiger partial charge in [-0.15, -0.1) is 0 Å². The summed E-state index contributed by atoms with van der Waals surface area (Å²) in [6, 6.07) is 0. The second-order valence-corrected chi connectivity index (χ2v) is 7.36. The first-order valence-electron chi connectivity index (χ1n) is 9.73. The average molecular weight is 402 g/mol. The van der Waals surface area contributed by atoms with Gasteiger partial charge in [0.25, 0.3) is 0 Å². The Morgan fingerprint density at radius 2 is 1.86 bits per heavy atom. The van der Waals surface area contributed by atoms with Crippen molar-refractivity contribution >= 4 is 0 Å². The van der Waals surface area contributed by atoms with Crippen molar-refractivity contribution in [1.82, 2.24) is 0 Å². The molecule has 9 atom stereocenters. The van der Waals surface area contributed by atoms with E-state index in [1.807, 2.05) is 12.2 Å². The average Bonchev–Trinajstić information content (AvgIpc) is 3.07. The standard InChI is InChI=1S/C19H30O9/c1-2-3-5-25-12-7-10(8-20)14-11(12)4-6-26-18(14)28-19-17(24)16(23)15(22)13(9-21)27-19/h4,6-7,11-24H,2-3,5,8-9H2,1H3/t11-,12-,13+,14+,15+,16-,17+,18-,19-/m0/s1. The van der Waals surface area contributed by atoms with Crippen LogP contribution >= 0.6 is 0 Å². The molecule has 0 aromatic heterocycles. The predicted octanol–water partition coefficient (Wildman–Crippen LogP) is -0.977. The highest BCUT2D eigenvalue weighted by Gasteiger charge is 2.49. The van der Waals surface area contributed by atoms with Crippen molar-refractivity contribution in [3.63, 3.8) is 0 Å². The van der Waals surface area contributed by atoms with Crippen LogP contribution in [0.15, 0.2) is 24.0 Å². The van der Waals surface area contributed by atoms with Gasteiger partial charge >= 0.3 is 0 Å². The number of hydrogen-bond donors (Lipinski definition) is 5. The van der Waals surface area contributed by atoms with E-state index in [2.05, 4.69) is 6.92 Å². The summed E-state index contributed by atoms with van der Waals surface area (Å²) in [5, 5.41) is 49.2. The van der Waals surface area contributed by atoms with Crippen LogP contribution in [0.3, 0.4) is 0 Å². The summed E-state index contributed by atoms with van der Waals surface area (Å²) >= 11 is 0. The summed E-state index contributed by atoms with van der Waals surface area (Å²) in [5.41, 5.74) is 0.699. The number of rotatable bonds is 8. The van der Waals surface area contributed by atoms with Gasteiger partial charge in [-0.3, -0.25) is 0 Å². The molecular formula is C19H30O9. The maximum absolute atomic E-state index is 10.2. The third kappa shape index (κ3) is 4.27. The highest BCUT2D eigenvalue weighted by molar-refractivity contribution is 5.26. The smallest absolute Gasteiger partial charge is 0.209 e. The van der Waals surface area contributed by atoms with E-state index in [0.29, 0.717) is 12.2 Å². The molecule has 5 N–H and O–H groups in total. The van der Waals surface area contributed by atoms with E-state index < -0.39 is 43.6 Å². The fraction of sp³-hybridized carbons (Fsp3) is 0.789. The van der Waals surface area contributed by atoms with Gasteiger partial charge in [0, 0.05) is 12.5 Å². The molecule has 1 saturated heterocycles. The summed E-state index contributed by atoms with van der Waals surface area (Å²) in [5.74, 6) is -0.461. The second-order valence-electron chi connectivity index (χ2n) is 7.36. The summed E-state index contributed by atoms with van der Waals surface area (Å²) in [6.45, 7) is 1.94. The van der Waals surface area contributed by atoms with Gasteiger partial charge in [-0.1, -0.05) is 19.4 Å². The van der Waals surface area contributed by atoms with Crippen LogP contribution in [0.25, 0.3) is 0 Å². The minimum Gasteiger partial charge on any atom is -0.472 e. The molecule has 0 bridgehead atoms. The van der Waals surface area contributed by atoms with Crippen molar-refractivity contribution in [3.05, 3.63) is 24.0 Å². The van der Waals surface area contributed by atoms with Gasteiger partial charge in [-0.25, -0.2) is 0 Å². The lowest BCUT2D eigenvalue weighted by atomic mass is 9.88. The van der Waals surface area contributed by atoms with E-state index in [4.69, 9.17) is 18.9 Å². The minimum atomic E-state index is -1.53. The number of aliphatic hydroxyl groups is 5. The zero-order chi connectivity index (χ0) is 20.3. The van der Waals surface area contributed by atoms with Crippen molar-refractivity contribution in [2.45, 2.75) is 62.9 Å². The molecule has 0 spiro atoms. The van der Waals surface area contributed by atoms with Crippen LogP contribution in [0.4, 0.5) is 0 Å². The second kappa shape index (κ2) is 9.64. The van der Waals surface area contributed by atoms with Crippen molar-refractivity contribution in [2.24, 2.45) is 11.8 Å². The molecule has 28 heavy (non-hydrogen) atoms. The van der Waals surface area contributed by atoms with Crippen LogP contribution in [-0.2, 0) is 18.9 Å². The van der Waals surface area contributed by atoms with E-state index in [0.717, 1.165) is 12.8 Å². The Kier molecular flexibility index (Phi) is 7.46. The molecule has 0 amide bonds. The van der Waals surface area contributed by atoms with Gasteiger partial charge in [-0.05, 0) is 18.1 Å². The van der Waals surface area contributed by atoms with Crippen molar-refractivity contribution < 1.29 is 44.5 Å². The molecule has 2 heterocycles. The highest BCUT2D eigenvalue weighted by atomic mass is 16.8. The van der Waals surface area contributed by atoms with Gasteiger partial charge in [0.1, 0.15) is 24.4 Å². The first-order valence-corrected chi connectivity index (χ1v) is 9.73. The molecule has 9 heteroatoms. The normalized spacial score (nSPS) is 42.8. The summed E-state index contributed by atoms with van der Waals surface area (Å²) in [7, 11) is 0. The first kappa shape index (κ1) is 21.7. The Balaban J connectivity index is 1.71. The van der Waals surface area contributed by atoms with E-state index in [9.17, 15) is 25.5 Å². The number of unbranched alkanes of at least 4 members (excludes halogenated alkanes) is 1. The first-order chi connectivity index (χ1) is 13.5. The van der Waals surface area contributed by atoms with Gasteiger partial charge in [0.15, 0.2) is 6.29 Å². The molecule has 2 aliphatic heterocycles. The number of aliphatic hydroxyl groups excluding tert-OH is 5. The van der Waals surface area contributed by atoms with Crippen LogP contribution in [0.5, 0.6) is 0 Å². The Labute approximate surface area is 163 Å². The molecule has 3 rings (SSSR count). The lowest BCUT2D eigenvalue weighted by molar-refractivity contribution is -0.339. The van der Waals surface area contributed by atoms with Crippen LogP contribution in [0.2, 0.25) is 0 Å². The van der Waals surface area contributed by atoms with Crippen LogP contribution in [0, 0.1) is 11.8 Å². The quantitative estimate of drug-likeness (QED) is 0.256. The Morgan fingerprint density at radius 1 is 1.07 bits per heavy atom. The van der Waals surface area contributed by atoms with E-state index in [-0.39, 0.29) is 24.5 Å². The highest BCUT2D eigenvalue weighted by Crippen LogP contribution is 2.42. The summed E-state index contributed by atoms with van der Waals surface area (Å²) < 4.78 is 22.7. The SMILES string of the molecule is CCCCO[C@H]1C=C(CO)[C@H]2[C@H](O[C@@H]3O[C@H](CO)[C@@H](O)[C@H](O)[C@H]3O)OC=C[C@H]21. The molecule has 3 aliphatic rings. The van der Waals surface area contributed by atoms with Gasteiger partial charge in [0.2, 0.25) is 6.29 Å². The zero-order valence-electron chi connectivity index (χ0n) is 15.8. The Hall–Kier alpha value is -1.04. The monoisotopic (exact) mass is 402 g/mol. The lowest BCUT2D eigenvalue weighted by Crippen LogP contribution is -2.60. The van der Waals surface area contributed by atoms with Crippen molar-refractivity contribution in [1.29, 1.82) is 0 Å². The van der Waals surface area contributed by atoms with E-state index in [1.165, 1.54) is 6.26 Å². The van der Waals surface area contributed by atoms with E-state index in [1.54, 1.807) is 0 Å². The number of fused-ring (bicyclic) bond motifs is 1. The topological polar surface area (TPSA) is 138 Å². The fourth-order valence-corrected chi connectivity index (χ4v) is 3.88. The molecule has 0 aromatic carbocycles. The molecule has 9 nitrogen and oxygen atoms in total. The van der Waals surface area contributed by atoms with Crippen LogP contribution in [-0.4, -0.2) is 88.5 Å². The van der Waals surface area contributed by atoms with Crippen LogP contribution < -0.4 is 0 Å². The number of hydrogen-bond acceptors (Lipinski definition) is 9. The molecule has 160 valence electrons. The molecule has 0 unspecified atom stereocenters. The summed E-state index contributed by atoms with van der Waals surface area (Å²) in [4.78, 5) is 0. The summed E-state index contributed by atoms with van der Waals surface area (Å²) in [6.07, 6.45) is -0.864. The molecule has 1 fully saturated rings. The number of ether oxygens (including phenoxy) is 4. The van der Waals surface area contributed by atoms with Gasteiger partial charge in [0.05, 0.1) is 31.5 Å². The fourth-order valence-electron chi connectivity index (χ4n) is 3.88. The molecule has 0 saturated carbocycles. The Bertz CT molecular complexity index is 564. The largest absolute Gasteiger partial charge is 0.472 e. The molecule has 0 radical (unpaired) electrons. The van der Waals surface area contributed by atoms with Gasteiger partial charge < -0.3 is 44.5 Å².